The Bertz CT molecular complexity index is 672. The van der Waals surface area contributed by atoms with Crippen molar-refractivity contribution >= 4 is 11.9 Å². The fraction of sp³-hybridized carbons (Fsp3) is 0.350. The highest BCUT2D eigenvalue weighted by atomic mass is 19.1. The molecule has 5 heteroatoms. The predicted molar refractivity (Wildman–Crippen MR) is 100 cm³/mol. The van der Waals surface area contributed by atoms with Gasteiger partial charge in [0.05, 0.1) is 25.6 Å². The number of hydrogen-bond donors (Lipinski definition) is 1. The van der Waals surface area contributed by atoms with Crippen molar-refractivity contribution in [1.82, 2.24) is 0 Å². The highest BCUT2D eigenvalue weighted by Crippen LogP contribution is 2.27. The van der Waals surface area contributed by atoms with E-state index in [2.05, 4.69) is 17.5 Å². The first-order chi connectivity index (χ1) is 12.2. The molecule has 0 aromatic heterocycles. The summed E-state index contributed by atoms with van der Waals surface area (Å²) in [5.41, 5.74) is 4.46. The van der Waals surface area contributed by atoms with Crippen molar-refractivity contribution in [2.24, 2.45) is 5.10 Å². The molecule has 0 radical (unpaired) electrons. The van der Waals surface area contributed by atoms with E-state index in [1.165, 1.54) is 31.4 Å². The number of halogens is 1. The molecule has 0 unspecified atom stereocenters. The van der Waals surface area contributed by atoms with Crippen molar-refractivity contribution in [3.8, 4) is 11.5 Å². The fourth-order valence-electron chi connectivity index (χ4n) is 2.30. The smallest absolute Gasteiger partial charge is 0.161 e. The minimum absolute atomic E-state index is 0.274. The molecular formula is C20H25FN2O2. The zero-order valence-electron chi connectivity index (χ0n) is 14.8. The Hall–Kier alpha value is -2.56. The molecule has 2 aromatic carbocycles. The Kier molecular flexibility index (Phi) is 7.76. The predicted octanol–water partition coefficient (Wildman–Crippen LogP) is 5.24. The van der Waals surface area contributed by atoms with Crippen LogP contribution < -0.4 is 14.9 Å². The zero-order valence-corrected chi connectivity index (χ0v) is 14.8. The summed E-state index contributed by atoms with van der Waals surface area (Å²) >= 11 is 0. The fourth-order valence-corrected chi connectivity index (χ4v) is 2.30. The first-order valence-electron chi connectivity index (χ1n) is 8.58. The van der Waals surface area contributed by atoms with Gasteiger partial charge in [0, 0.05) is 0 Å². The Labute approximate surface area is 148 Å². The summed E-state index contributed by atoms with van der Waals surface area (Å²) in [6.45, 7) is 2.88. The molecule has 0 saturated carbocycles. The van der Waals surface area contributed by atoms with Gasteiger partial charge in [-0.3, -0.25) is 5.43 Å². The Morgan fingerprint density at radius 1 is 1.04 bits per heavy atom. The first-order valence-corrected chi connectivity index (χ1v) is 8.58. The van der Waals surface area contributed by atoms with Crippen LogP contribution >= 0.6 is 0 Å². The molecule has 4 nitrogen and oxygen atoms in total. The quantitative estimate of drug-likeness (QED) is 0.364. The van der Waals surface area contributed by atoms with Gasteiger partial charge in [-0.05, 0) is 54.4 Å². The maximum Gasteiger partial charge on any atom is 0.161 e. The summed E-state index contributed by atoms with van der Waals surface area (Å²) < 4.78 is 24.0. The van der Waals surface area contributed by atoms with Crippen LogP contribution in [0.5, 0.6) is 11.5 Å². The summed E-state index contributed by atoms with van der Waals surface area (Å²) in [4.78, 5) is 0. The number of anilines is 1. The normalized spacial score (nSPS) is 10.8. The van der Waals surface area contributed by atoms with Crippen molar-refractivity contribution in [2.45, 2.75) is 32.6 Å². The minimum atomic E-state index is -0.274. The lowest BCUT2D eigenvalue weighted by Crippen LogP contribution is -2.00. The number of benzene rings is 2. The summed E-state index contributed by atoms with van der Waals surface area (Å²) in [5.74, 6) is 1.15. The van der Waals surface area contributed by atoms with E-state index in [0.29, 0.717) is 12.4 Å². The van der Waals surface area contributed by atoms with Crippen LogP contribution in [0.15, 0.2) is 47.6 Å². The van der Waals surface area contributed by atoms with Crippen molar-refractivity contribution in [3.63, 3.8) is 0 Å². The molecule has 1 N–H and O–H groups in total. The molecule has 2 rings (SSSR count). The van der Waals surface area contributed by atoms with Crippen LogP contribution in [0.1, 0.15) is 38.2 Å². The van der Waals surface area contributed by atoms with Crippen molar-refractivity contribution in [2.75, 3.05) is 19.1 Å². The van der Waals surface area contributed by atoms with Crippen LogP contribution in [0.3, 0.4) is 0 Å². The molecule has 0 spiro atoms. The van der Waals surface area contributed by atoms with Gasteiger partial charge in [-0.2, -0.15) is 5.10 Å². The van der Waals surface area contributed by atoms with Gasteiger partial charge in [-0.1, -0.05) is 26.2 Å². The molecule has 0 aliphatic rings. The summed E-state index contributed by atoms with van der Waals surface area (Å²) in [5, 5.41) is 4.15. The Balaban J connectivity index is 1.90. The molecule has 134 valence electrons. The van der Waals surface area contributed by atoms with E-state index in [9.17, 15) is 4.39 Å². The van der Waals surface area contributed by atoms with Crippen LogP contribution in [0.2, 0.25) is 0 Å². The largest absolute Gasteiger partial charge is 0.493 e. The first kappa shape index (κ1) is 18.8. The third kappa shape index (κ3) is 6.45. The lowest BCUT2D eigenvalue weighted by Gasteiger charge is -2.11. The third-order valence-electron chi connectivity index (χ3n) is 3.69. The van der Waals surface area contributed by atoms with Crippen molar-refractivity contribution < 1.29 is 13.9 Å². The molecule has 2 aromatic rings. The minimum Gasteiger partial charge on any atom is -0.493 e. The van der Waals surface area contributed by atoms with Gasteiger partial charge < -0.3 is 9.47 Å². The summed E-state index contributed by atoms with van der Waals surface area (Å²) in [7, 11) is 1.62. The highest BCUT2D eigenvalue weighted by molar-refractivity contribution is 5.81. The molecule has 0 bridgehead atoms. The number of methoxy groups -OCH3 is 1. The molecule has 25 heavy (non-hydrogen) atoms. The number of rotatable bonds is 10. The van der Waals surface area contributed by atoms with Crippen LogP contribution in [0, 0.1) is 5.82 Å². The second-order valence-corrected chi connectivity index (χ2v) is 5.70. The van der Waals surface area contributed by atoms with Gasteiger partial charge in [0.15, 0.2) is 11.5 Å². The molecule has 0 aliphatic heterocycles. The van der Waals surface area contributed by atoms with Crippen molar-refractivity contribution in [3.05, 3.63) is 53.8 Å². The molecule has 0 aliphatic carbocycles. The zero-order chi connectivity index (χ0) is 17.9. The molecular weight excluding hydrogens is 319 g/mol. The monoisotopic (exact) mass is 344 g/mol. The lowest BCUT2D eigenvalue weighted by molar-refractivity contribution is 0.285. The number of nitrogens with one attached hydrogen (secondary N) is 1. The number of unbranched alkanes of at least 4 members (excludes halogenated alkanes) is 3. The molecule has 0 fully saturated rings. The topological polar surface area (TPSA) is 42.8 Å². The van der Waals surface area contributed by atoms with E-state index in [1.54, 1.807) is 25.5 Å². The molecule has 0 atom stereocenters. The molecule has 0 amide bonds. The number of nitrogens with zero attached hydrogens (tertiary/aromatic N) is 1. The van der Waals surface area contributed by atoms with Gasteiger partial charge in [0.2, 0.25) is 0 Å². The average molecular weight is 344 g/mol. The van der Waals surface area contributed by atoms with Gasteiger partial charge in [-0.15, -0.1) is 0 Å². The van der Waals surface area contributed by atoms with E-state index in [4.69, 9.17) is 9.47 Å². The highest BCUT2D eigenvalue weighted by Gasteiger charge is 2.05. The number of hydrogen-bond acceptors (Lipinski definition) is 4. The summed E-state index contributed by atoms with van der Waals surface area (Å²) in [6, 6.07) is 11.7. The van der Waals surface area contributed by atoms with Gasteiger partial charge in [0.25, 0.3) is 0 Å². The van der Waals surface area contributed by atoms with Crippen LogP contribution in [0.4, 0.5) is 10.1 Å². The average Bonchev–Trinajstić information content (AvgIpc) is 2.64. The van der Waals surface area contributed by atoms with E-state index in [0.717, 1.165) is 23.4 Å². The van der Waals surface area contributed by atoms with E-state index >= 15 is 0 Å². The van der Waals surface area contributed by atoms with Crippen LogP contribution in [0.25, 0.3) is 0 Å². The number of ether oxygens (including phenoxy) is 2. The maximum atomic E-state index is 12.9. The van der Waals surface area contributed by atoms with E-state index in [-0.39, 0.29) is 5.82 Å². The van der Waals surface area contributed by atoms with Gasteiger partial charge in [0.1, 0.15) is 5.82 Å². The van der Waals surface area contributed by atoms with Gasteiger partial charge >= 0.3 is 0 Å². The molecule has 0 saturated heterocycles. The van der Waals surface area contributed by atoms with E-state index in [1.807, 2.05) is 18.2 Å². The SMILES string of the molecule is CCCCCCOc1ccc(/C=N/Nc2ccc(F)cc2)cc1OC. The Morgan fingerprint density at radius 3 is 2.56 bits per heavy atom. The molecule has 0 heterocycles. The van der Waals surface area contributed by atoms with E-state index < -0.39 is 0 Å². The second kappa shape index (κ2) is 10.3. The van der Waals surface area contributed by atoms with Gasteiger partial charge in [-0.25, -0.2) is 4.39 Å². The van der Waals surface area contributed by atoms with Crippen LogP contribution in [-0.2, 0) is 0 Å². The Morgan fingerprint density at radius 2 is 1.84 bits per heavy atom. The number of hydrazone groups is 1. The standard InChI is InChI=1S/C20H25FN2O2/c1-3-4-5-6-13-25-19-12-7-16(14-20(19)24-2)15-22-23-18-10-8-17(21)9-11-18/h7-12,14-15,23H,3-6,13H2,1-2H3/b22-15+. The second-order valence-electron chi connectivity index (χ2n) is 5.70. The maximum absolute atomic E-state index is 12.9. The summed E-state index contributed by atoms with van der Waals surface area (Å²) in [6.07, 6.45) is 6.34. The van der Waals surface area contributed by atoms with Crippen LogP contribution in [-0.4, -0.2) is 19.9 Å². The van der Waals surface area contributed by atoms with Crippen molar-refractivity contribution in [1.29, 1.82) is 0 Å². The lowest BCUT2D eigenvalue weighted by atomic mass is 10.2. The third-order valence-corrected chi connectivity index (χ3v) is 3.69.